The Kier molecular flexibility index (Phi) is 4.58. The molecule has 0 aliphatic heterocycles. The molecule has 124 valence electrons. The Labute approximate surface area is 140 Å². The normalized spacial score (nSPS) is 14.6. The summed E-state index contributed by atoms with van der Waals surface area (Å²) in [5, 5.41) is 17.2. The Balaban J connectivity index is 2.40. The van der Waals surface area contributed by atoms with Gasteiger partial charge in [-0.2, -0.15) is 0 Å². The summed E-state index contributed by atoms with van der Waals surface area (Å²) in [5.41, 5.74) is -0.0616. The molecule has 1 unspecified atom stereocenters. The predicted octanol–water partition coefficient (Wildman–Crippen LogP) is 0.832. The Morgan fingerprint density at radius 1 is 1.43 bits per heavy atom. The van der Waals surface area contributed by atoms with Crippen LogP contribution in [-0.2, 0) is 21.2 Å². The molecular formula is C13H14BrN3O5S. The van der Waals surface area contributed by atoms with Crippen molar-refractivity contribution in [1.82, 2.24) is 15.0 Å². The molecule has 10 heteroatoms. The van der Waals surface area contributed by atoms with Crippen LogP contribution in [0.5, 0.6) is 0 Å². The van der Waals surface area contributed by atoms with E-state index in [1.54, 1.807) is 18.2 Å². The first-order valence-corrected chi connectivity index (χ1v) is 9.21. The number of carbonyl (C=O) groups is 1. The highest BCUT2D eigenvalue weighted by Crippen LogP contribution is 2.22. The van der Waals surface area contributed by atoms with Crippen molar-refractivity contribution in [2.24, 2.45) is 0 Å². The summed E-state index contributed by atoms with van der Waals surface area (Å²) in [5.74, 6) is -1.47. The number of carboxylic acid groups (broad SMARTS) is 1. The fraction of sp³-hybridized carbons (Fsp3) is 0.385. The first-order chi connectivity index (χ1) is 10.6. The van der Waals surface area contributed by atoms with Crippen molar-refractivity contribution >= 4 is 42.6 Å². The maximum Gasteiger partial charge on any atom is 0.324 e. The van der Waals surface area contributed by atoms with E-state index >= 15 is 0 Å². The minimum atomic E-state index is -3.86. The summed E-state index contributed by atoms with van der Waals surface area (Å²) in [6.07, 6.45) is 0.561. The number of benzene rings is 1. The van der Waals surface area contributed by atoms with Crippen LogP contribution in [0.15, 0.2) is 27.5 Å². The lowest BCUT2D eigenvalue weighted by Gasteiger charge is -2.22. The number of halogens is 1. The van der Waals surface area contributed by atoms with Crippen molar-refractivity contribution in [3.8, 4) is 0 Å². The lowest BCUT2D eigenvalue weighted by Crippen LogP contribution is -2.44. The zero-order valence-electron chi connectivity index (χ0n) is 12.4. The van der Waals surface area contributed by atoms with Crippen molar-refractivity contribution in [1.29, 1.82) is 0 Å². The average Bonchev–Trinajstić information content (AvgIpc) is 2.44. The molecule has 0 saturated heterocycles. The number of aromatic nitrogens is 3. The molecule has 0 aliphatic rings. The number of hydrogen-bond acceptors (Lipinski definition) is 6. The molecule has 1 atom stereocenters. The van der Waals surface area contributed by atoms with E-state index in [2.05, 4.69) is 26.2 Å². The van der Waals surface area contributed by atoms with E-state index in [1.165, 1.54) is 0 Å². The zero-order chi connectivity index (χ0) is 17.4. The van der Waals surface area contributed by atoms with Gasteiger partial charge in [-0.05, 0) is 31.5 Å². The first-order valence-electron chi connectivity index (χ1n) is 6.52. The lowest BCUT2D eigenvalue weighted by molar-refractivity contribution is -0.139. The number of carboxylic acids is 1. The molecule has 1 aromatic carbocycles. The van der Waals surface area contributed by atoms with Crippen molar-refractivity contribution in [3.05, 3.63) is 33.0 Å². The smallest absolute Gasteiger partial charge is 0.324 e. The third-order valence-corrected chi connectivity index (χ3v) is 6.27. The third kappa shape index (κ3) is 3.27. The Bertz CT molecular complexity index is 940. The maximum atomic E-state index is 12.3. The molecule has 2 aromatic rings. The lowest BCUT2D eigenvalue weighted by atomic mass is 10.1. The van der Waals surface area contributed by atoms with Crippen LogP contribution in [0.2, 0.25) is 0 Å². The third-order valence-electron chi connectivity index (χ3n) is 3.76. The molecule has 23 heavy (non-hydrogen) atoms. The van der Waals surface area contributed by atoms with Crippen molar-refractivity contribution in [2.75, 3.05) is 6.26 Å². The second-order valence-electron chi connectivity index (χ2n) is 5.34. The monoisotopic (exact) mass is 403 g/mol. The summed E-state index contributed by atoms with van der Waals surface area (Å²) in [7, 11) is -3.86. The van der Waals surface area contributed by atoms with Gasteiger partial charge in [-0.25, -0.2) is 13.1 Å². The Morgan fingerprint density at radius 2 is 2.09 bits per heavy atom. The van der Waals surface area contributed by atoms with Gasteiger partial charge >= 0.3 is 5.97 Å². The van der Waals surface area contributed by atoms with Gasteiger partial charge in [-0.15, -0.1) is 5.10 Å². The highest BCUT2D eigenvalue weighted by atomic mass is 79.9. The van der Waals surface area contributed by atoms with E-state index in [9.17, 15) is 23.1 Å². The van der Waals surface area contributed by atoms with Crippen molar-refractivity contribution < 1.29 is 18.3 Å². The number of sulfone groups is 1. The summed E-state index contributed by atoms with van der Waals surface area (Å²) >= 11 is 3.26. The van der Waals surface area contributed by atoms with Gasteiger partial charge in [0.25, 0.3) is 5.56 Å². The molecule has 8 nitrogen and oxygen atoms in total. The molecule has 2 rings (SSSR count). The van der Waals surface area contributed by atoms with E-state index in [4.69, 9.17) is 0 Å². The van der Waals surface area contributed by atoms with Crippen molar-refractivity contribution in [3.63, 3.8) is 0 Å². The van der Waals surface area contributed by atoms with Gasteiger partial charge in [0.15, 0.2) is 14.6 Å². The molecular weight excluding hydrogens is 390 g/mol. The van der Waals surface area contributed by atoms with Crippen LogP contribution in [0.4, 0.5) is 0 Å². The van der Waals surface area contributed by atoms with Gasteiger partial charge in [0.05, 0.1) is 5.39 Å². The fourth-order valence-electron chi connectivity index (χ4n) is 1.97. The molecule has 0 spiro atoms. The quantitative estimate of drug-likeness (QED) is 0.784. The van der Waals surface area contributed by atoms with E-state index in [-0.39, 0.29) is 13.0 Å². The Morgan fingerprint density at radius 3 is 2.65 bits per heavy atom. The molecule has 0 saturated carbocycles. The molecule has 0 fully saturated rings. The largest absolute Gasteiger partial charge is 0.480 e. The van der Waals surface area contributed by atoms with Crippen LogP contribution in [0.1, 0.15) is 13.3 Å². The SMILES string of the molecule is CC(CCn1nnc2cc(Br)ccc2c1=O)(C(=O)O)S(C)(=O)=O. The number of aryl methyl sites for hydroxylation is 1. The summed E-state index contributed by atoms with van der Waals surface area (Å²) in [6, 6.07) is 4.87. The van der Waals surface area contributed by atoms with Crippen LogP contribution in [-0.4, -0.2) is 45.5 Å². The minimum absolute atomic E-state index is 0.173. The number of fused-ring (bicyclic) bond motifs is 1. The first kappa shape index (κ1) is 17.5. The highest BCUT2D eigenvalue weighted by molar-refractivity contribution is 9.10. The van der Waals surface area contributed by atoms with E-state index < -0.39 is 26.1 Å². The van der Waals surface area contributed by atoms with Gasteiger partial charge in [0, 0.05) is 17.3 Å². The number of hydrogen-bond donors (Lipinski definition) is 1. The van der Waals surface area contributed by atoms with Gasteiger partial charge < -0.3 is 5.11 Å². The van der Waals surface area contributed by atoms with Gasteiger partial charge in [0.2, 0.25) is 0 Å². The summed E-state index contributed by atoms with van der Waals surface area (Å²) in [6.45, 7) is 0.939. The molecule has 1 heterocycles. The fourth-order valence-corrected chi connectivity index (χ4v) is 3.09. The zero-order valence-corrected chi connectivity index (χ0v) is 14.8. The standard InChI is InChI=1S/C13H14BrN3O5S/c1-13(12(19)20,23(2,21)22)5-6-17-11(18)9-4-3-8(14)7-10(9)15-16-17/h3-4,7H,5-6H2,1-2H3,(H,19,20). The number of nitrogens with zero attached hydrogens (tertiary/aromatic N) is 3. The maximum absolute atomic E-state index is 12.3. The Hall–Kier alpha value is -1.81. The molecule has 1 N–H and O–H groups in total. The molecule has 1 aromatic heterocycles. The number of rotatable bonds is 5. The van der Waals surface area contributed by atoms with Crippen LogP contribution in [0.25, 0.3) is 10.9 Å². The molecule has 0 radical (unpaired) electrons. The average molecular weight is 404 g/mol. The van der Waals surface area contributed by atoms with Gasteiger partial charge in [0.1, 0.15) is 5.52 Å². The number of aliphatic carboxylic acids is 1. The van der Waals surface area contributed by atoms with Crippen LogP contribution >= 0.6 is 15.9 Å². The van der Waals surface area contributed by atoms with E-state index in [0.717, 1.165) is 22.3 Å². The van der Waals surface area contributed by atoms with Crippen LogP contribution in [0.3, 0.4) is 0 Å². The van der Waals surface area contributed by atoms with E-state index in [0.29, 0.717) is 10.9 Å². The van der Waals surface area contributed by atoms with E-state index in [1.807, 2.05) is 0 Å². The van der Waals surface area contributed by atoms with Crippen molar-refractivity contribution in [2.45, 2.75) is 24.6 Å². The predicted molar refractivity (Wildman–Crippen MR) is 87.0 cm³/mol. The second kappa shape index (κ2) is 6.00. The highest BCUT2D eigenvalue weighted by Gasteiger charge is 2.43. The summed E-state index contributed by atoms with van der Waals surface area (Å²) in [4.78, 5) is 23.6. The molecule has 0 aliphatic carbocycles. The van der Waals surface area contributed by atoms with Gasteiger partial charge in [-0.3, -0.25) is 9.59 Å². The topological polar surface area (TPSA) is 119 Å². The van der Waals surface area contributed by atoms with Crippen LogP contribution in [0, 0.1) is 0 Å². The molecule has 0 bridgehead atoms. The summed E-state index contributed by atoms with van der Waals surface area (Å²) < 4.78 is 23.2. The van der Waals surface area contributed by atoms with Gasteiger partial charge in [-0.1, -0.05) is 21.1 Å². The molecule has 0 amide bonds. The second-order valence-corrected chi connectivity index (χ2v) is 8.70. The van der Waals surface area contributed by atoms with Crippen LogP contribution < -0.4 is 5.56 Å². The minimum Gasteiger partial charge on any atom is -0.480 e.